The zero-order chi connectivity index (χ0) is 14.2. The van der Waals surface area contributed by atoms with Crippen LogP contribution in [0.3, 0.4) is 0 Å². The Morgan fingerprint density at radius 1 is 1.26 bits per heavy atom. The van der Waals surface area contributed by atoms with Gasteiger partial charge in [-0.1, -0.05) is 15.9 Å². The summed E-state index contributed by atoms with van der Waals surface area (Å²) in [7, 11) is 2.07. The fourth-order valence-corrected chi connectivity index (χ4v) is 2.90. The second kappa shape index (κ2) is 5.59. The number of piperazine rings is 1. The zero-order valence-electron chi connectivity index (χ0n) is 11.4. The molecule has 19 heavy (non-hydrogen) atoms. The fourth-order valence-electron chi connectivity index (χ4n) is 2.43. The van der Waals surface area contributed by atoms with E-state index in [0.717, 1.165) is 0 Å². The molecule has 2 atom stereocenters. The first-order valence-electron chi connectivity index (χ1n) is 6.36. The number of hydrogen-bond acceptors (Lipinski definition) is 2. The topological polar surface area (TPSA) is 23.6 Å². The highest BCUT2D eigenvalue weighted by atomic mass is 79.9. The highest BCUT2D eigenvalue weighted by molar-refractivity contribution is 9.10. The molecule has 1 heterocycles. The molecule has 0 aliphatic carbocycles. The first kappa shape index (κ1) is 14.5. The predicted molar refractivity (Wildman–Crippen MR) is 76.7 cm³/mol. The minimum atomic E-state index is -0.395. The molecule has 5 heteroatoms. The van der Waals surface area contributed by atoms with Crippen LogP contribution in [-0.2, 0) is 0 Å². The minimum Gasteiger partial charge on any atom is -0.336 e. The van der Waals surface area contributed by atoms with Crippen LogP contribution in [0.15, 0.2) is 22.7 Å². The van der Waals surface area contributed by atoms with Crippen molar-refractivity contribution in [3.63, 3.8) is 0 Å². The van der Waals surface area contributed by atoms with Crippen molar-refractivity contribution in [2.45, 2.75) is 25.9 Å². The summed E-state index contributed by atoms with van der Waals surface area (Å²) in [5.74, 6) is -0.500. The van der Waals surface area contributed by atoms with Crippen LogP contribution >= 0.6 is 15.9 Å². The molecule has 0 aromatic heterocycles. The molecule has 1 aromatic rings. The lowest BCUT2D eigenvalue weighted by atomic mass is 10.1. The summed E-state index contributed by atoms with van der Waals surface area (Å²) < 4.78 is 14.0. The smallest absolute Gasteiger partial charge is 0.254 e. The maximum Gasteiger partial charge on any atom is 0.254 e. The number of carbonyl (C=O) groups excluding carboxylic acids is 1. The Labute approximate surface area is 121 Å². The van der Waals surface area contributed by atoms with Crippen molar-refractivity contribution in [2.24, 2.45) is 0 Å². The summed E-state index contributed by atoms with van der Waals surface area (Å²) in [5, 5.41) is 0. The number of benzene rings is 1. The number of carbonyl (C=O) groups is 1. The molecule has 1 aliphatic heterocycles. The molecule has 0 unspecified atom stereocenters. The molecule has 3 nitrogen and oxygen atoms in total. The summed E-state index contributed by atoms with van der Waals surface area (Å²) >= 11 is 3.22. The molecule has 1 fully saturated rings. The van der Waals surface area contributed by atoms with Crippen molar-refractivity contribution in [3.05, 3.63) is 34.1 Å². The molecule has 104 valence electrons. The van der Waals surface area contributed by atoms with E-state index in [4.69, 9.17) is 0 Å². The second-order valence-corrected chi connectivity index (χ2v) is 6.15. The molecular weight excluding hydrogens is 311 g/mol. The van der Waals surface area contributed by atoms with Crippen molar-refractivity contribution < 1.29 is 9.18 Å². The van der Waals surface area contributed by atoms with E-state index < -0.39 is 5.82 Å². The van der Waals surface area contributed by atoms with Crippen molar-refractivity contribution in [1.82, 2.24) is 9.80 Å². The monoisotopic (exact) mass is 328 g/mol. The molecule has 2 rings (SSSR count). The number of likely N-dealkylation sites (N-methyl/N-ethyl adjacent to an activating group) is 1. The largest absolute Gasteiger partial charge is 0.336 e. The van der Waals surface area contributed by atoms with E-state index in [1.54, 1.807) is 11.0 Å². The van der Waals surface area contributed by atoms with Gasteiger partial charge < -0.3 is 4.90 Å². The predicted octanol–water partition coefficient (Wildman–Crippen LogP) is 2.75. The molecule has 1 aliphatic rings. The van der Waals surface area contributed by atoms with Crippen LogP contribution in [0.1, 0.15) is 24.2 Å². The third-order valence-electron chi connectivity index (χ3n) is 3.76. The molecule has 0 bridgehead atoms. The Bertz CT molecular complexity index is 462. The normalized spacial score (nSPS) is 24.6. The molecule has 1 aromatic carbocycles. The van der Waals surface area contributed by atoms with Crippen LogP contribution < -0.4 is 0 Å². The van der Waals surface area contributed by atoms with Crippen molar-refractivity contribution in [2.75, 3.05) is 20.1 Å². The average Bonchev–Trinajstić information content (AvgIpc) is 2.33. The average molecular weight is 329 g/mol. The SMILES string of the molecule is C[C@@H]1CN(C(=O)c2cc(F)cc(Br)c2)C[C@@H](C)N1C. The van der Waals surface area contributed by atoms with Gasteiger partial charge in [0.15, 0.2) is 0 Å². The van der Waals surface area contributed by atoms with Gasteiger partial charge in [-0.15, -0.1) is 0 Å². The van der Waals surface area contributed by atoms with Gasteiger partial charge in [0.1, 0.15) is 5.82 Å². The Kier molecular flexibility index (Phi) is 4.26. The van der Waals surface area contributed by atoms with Crippen LogP contribution in [0.2, 0.25) is 0 Å². The summed E-state index contributed by atoms with van der Waals surface area (Å²) in [6.45, 7) is 5.54. The lowest BCUT2D eigenvalue weighted by Crippen LogP contribution is -2.56. The van der Waals surface area contributed by atoms with Crippen molar-refractivity contribution >= 4 is 21.8 Å². The van der Waals surface area contributed by atoms with E-state index in [1.165, 1.54) is 12.1 Å². The van der Waals surface area contributed by atoms with Gasteiger partial charge in [0, 0.05) is 35.2 Å². The number of halogens is 2. The first-order valence-corrected chi connectivity index (χ1v) is 7.15. The summed E-state index contributed by atoms with van der Waals surface area (Å²) in [6.07, 6.45) is 0. The van der Waals surface area contributed by atoms with Gasteiger partial charge in [0.2, 0.25) is 0 Å². The van der Waals surface area contributed by atoms with Crippen LogP contribution in [0.5, 0.6) is 0 Å². The molecule has 0 radical (unpaired) electrons. The molecular formula is C14H18BrFN2O. The number of amides is 1. The van der Waals surface area contributed by atoms with Gasteiger partial charge in [0.05, 0.1) is 0 Å². The minimum absolute atomic E-state index is 0.105. The first-order chi connectivity index (χ1) is 8.88. The van der Waals surface area contributed by atoms with Gasteiger partial charge in [-0.25, -0.2) is 4.39 Å². The molecule has 0 N–H and O–H groups in total. The quantitative estimate of drug-likeness (QED) is 0.791. The van der Waals surface area contributed by atoms with E-state index >= 15 is 0 Å². The molecule has 1 amide bonds. The summed E-state index contributed by atoms with van der Waals surface area (Å²) in [4.78, 5) is 16.5. The fraction of sp³-hybridized carbons (Fsp3) is 0.500. The number of hydrogen-bond donors (Lipinski definition) is 0. The molecule has 0 spiro atoms. The summed E-state index contributed by atoms with van der Waals surface area (Å²) in [5.41, 5.74) is 0.399. The van der Waals surface area contributed by atoms with E-state index in [2.05, 4.69) is 41.7 Å². The van der Waals surface area contributed by atoms with Crippen molar-refractivity contribution in [3.8, 4) is 0 Å². The van der Waals surface area contributed by atoms with Crippen LogP contribution in [0, 0.1) is 5.82 Å². The third-order valence-corrected chi connectivity index (χ3v) is 4.21. The van der Waals surface area contributed by atoms with E-state index in [-0.39, 0.29) is 5.91 Å². The number of rotatable bonds is 1. The maximum atomic E-state index is 13.4. The van der Waals surface area contributed by atoms with Crippen LogP contribution in [-0.4, -0.2) is 47.9 Å². The summed E-state index contributed by atoms with van der Waals surface area (Å²) in [6, 6.07) is 4.93. The Morgan fingerprint density at radius 3 is 2.37 bits per heavy atom. The number of nitrogens with zero attached hydrogens (tertiary/aromatic N) is 2. The van der Waals surface area contributed by atoms with Gasteiger partial charge in [-0.05, 0) is 39.1 Å². The van der Waals surface area contributed by atoms with E-state index in [9.17, 15) is 9.18 Å². The standard InChI is InChI=1S/C14H18BrFN2O/c1-9-7-18(8-10(2)17(9)3)14(19)11-4-12(15)6-13(16)5-11/h4-6,9-10H,7-8H2,1-3H3/t9-,10-/m1/s1. The van der Waals surface area contributed by atoms with Gasteiger partial charge in [-0.3, -0.25) is 9.69 Å². The van der Waals surface area contributed by atoms with E-state index in [1.807, 2.05) is 0 Å². The highest BCUT2D eigenvalue weighted by Gasteiger charge is 2.29. The highest BCUT2D eigenvalue weighted by Crippen LogP contribution is 2.19. The van der Waals surface area contributed by atoms with Crippen LogP contribution in [0.25, 0.3) is 0 Å². The van der Waals surface area contributed by atoms with Gasteiger partial charge in [0.25, 0.3) is 5.91 Å². The molecule has 0 saturated carbocycles. The second-order valence-electron chi connectivity index (χ2n) is 5.23. The zero-order valence-corrected chi connectivity index (χ0v) is 12.9. The Hall–Kier alpha value is -0.940. The van der Waals surface area contributed by atoms with Crippen molar-refractivity contribution in [1.29, 1.82) is 0 Å². The lowest BCUT2D eigenvalue weighted by molar-refractivity contribution is 0.0414. The molecule has 1 saturated heterocycles. The lowest BCUT2D eigenvalue weighted by Gasteiger charge is -2.42. The van der Waals surface area contributed by atoms with Crippen LogP contribution in [0.4, 0.5) is 4.39 Å². The van der Waals surface area contributed by atoms with Gasteiger partial charge >= 0.3 is 0 Å². The Balaban J connectivity index is 2.20. The van der Waals surface area contributed by atoms with Gasteiger partial charge in [-0.2, -0.15) is 0 Å². The Morgan fingerprint density at radius 2 is 1.84 bits per heavy atom. The van der Waals surface area contributed by atoms with E-state index in [0.29, 0.717) is 35.2 Å². The maximum absolute atomic E-state index is 13.4. The third kappa shape index (κ3) is 3.15.